The predicted octanol–water partition coefficient (Wildman–Crippen LogP) is 2.56. The molecular weight excluding hydrogens is 228 g/mol. The Kier molecular flexibility index (Phi) is 4.50. The van der Waals surface area contributed by atoms with Crippen molar-refractivity contribution in [2.75, 3.05) is 0 Å². The molecule has 1 N–H and O–H groups in total. The van der Waals surface area contributed by atoms with Gasteiger partial charge in [-0.05, 0) is 31.0 Å². The van der Waals surface area contributed by atoms with E-state index in [1.807, 2.05) is 0 Å². The van der Waals surface area contributed by atoms with Crippen LogP contribution in [0.1, 0.15) is 18.9 Å². The summed E-state index contributed by atoms with van der Waals surface area (Å²) >= 11 is 5.73. The highest BCUT2D eigenvalue weighted by Gasteiger charge is 2.18. The summed E-state index contributed by atoms with van der Waals surface area (Å²) < 4.78 is 0. The SMILES string of the molecule is CC(=O)C(CC(=O)O)Cc1ccc(Cl)cc1. The van der Waals surface area contributed by atoms with Crippen molar-refractivity contribution in [1.29, 1.82) is 0 Å². The third-order valence-corrected chi connectivity index (χ3v) is 2.64. The average molecular weight is 241 g/mol. The number of Topliss-reactive ketones (excluding diaryl/α,β-unsaturated/α-hetero) is 1. The van der Waals surface area contributed by atoms with Gasteiger partial charge in [-0.15, -0.1) is 0 Å². The maximum Gasteiger partial charge on any atom is 0.304 e. The Balaban J connectivity index is 2.71. The summed E-state index contributed by atoms with van der Waals surface area (Å²) in [7, 11) is 0. The van der Waals surface area contributed by atoms with Crippen molar-refractivity contribution in [3.63, 3.8) is 0 Å². The van der Waals surface area contributed by atoms with Crippen molar-refractivity contribution in [3.05, 3.63) is 34.9 Å². The number of halogens is 1. The molecular formula is C12H13ClO3. The van der Waals surface area contributed by atoms with Gasteiger partial charge in [0.2, 0.25) is 0 Å². The van der Waals surface area contributed by atoms with Gasteiger partial charge in [-0.1, -0.05) is 23.7 Å². The number of carbonyl (C=O) groups is 2. The molecule has 0 bridgehead atoms. The molecule has 0 aliphatic rings. The Hall–Kier alpha value is -1.35. The van der Waals surface area contributed by atoms with Crippen molar-refractivity contribution in [2.45, 2.75) is 19.8 Å². The van der Waals surface area contributed by atoms with Crippen LogP contribution in [-0.4, -0.2) is 16.9 Å². The molecule has 0 amide bonds. The number of hydrogen-bond donors (Lipinski definition) is 1. The lowest BCUT2D eigenvalue weighted by Gasteiger charge is -2.11. The predicted molar refractivity (Wildman–Crippen MR) is 61.6 cm³/mol. The monoisotopic (exact) mass is 240 g/mol. The smallest absolute Gasteiger partial charge is 0.304 e. The highest BCUT2D eigenvalue weighted by molar-refractivity contribution is 6.30. The first-order valence-corrected chi connectivity index (χ1v) is 5.33. The molecule has 0 radical (unpaired) electrons. The number of carboxylic acids is 1. The largest absolute Gasteiger partial charge is 0.481 e. The van der Waals surface area contributed by atoms with Crippen molar-refractivity contribution in [2.24, 2.45) is 5.92 Å². The highest BCUT2D eigenvalue weighted by Crippen LogP contribution is 2.16. The van der Waals surface area contributed by atoms with Crippen molar-refractivity contribution >= 4 is 23.4 Å². The Morgan fingerprint density at radius 2 is 1.88 bits per heavy atom. The minimum absolute atomic E-state index is 0.0997. The number of benzene rings is 1. The van der Waals surface area contributed by atoms with E-state index in [1.165, 1.54) is 6.92 Å². The van der Waals surface area contributed by atoms with Crippen LogP contribution in [0.25, 0.3) is 0 Å². The second kappa shape index (κ2) is 5.66. The third-order valence-electron chi connectivity index (χ3n) is 2.39. The molecule has 0 heterocycles. The van der Waals surface area contributed by atoms with Crippen LogP contribution in [0.3, 0.4) is 0 Å². The third kappa shape index (κ3) is 4.03. The van der Waals surface area contributed by atoms with Gasteiger partial charge in [0, 0.05) is 10.9 Å². The first-order valence-electron chi connectivity index (χ1n) is 4.95. The topological polar surface area (TPSA) is 54.4 Å². The normalized spacial score (nSPS) is 12.1. The van der Waals surface area contributed by atoms with Gasteiger partial charge >= 0.3 is 5.97 Å². The average Bonchev–Trinajstić information content (AvgIpc) is 2.19. The fraction of sp³-hybridized carbons (Fsp3) is 0.333. The van der Waals surface area contributed by atoms with Crippen molar-refractivity contribution in [3.8, 4) is 0 Å². The van der Waals surface area contributed by atoms with Crippen LogP contribution in [0, 0.1) is 5.92 Å². The molecule has 1 aromatic rings. The van der Waals surface area contributed by atoms with E-state index in [9.17, 15) is 9.59 Å². The number of hydrogen-bond acceptors (Lipinski definition) is 2. The Labute approximate surface area is 99.0 Å². The maximum atomic E-state index is 11.3. The number of ketones is 1. The minimum Gasteiger partial charge on any atom is -0.481 e. The minimum atomic E-state index is -0.950. The molecule has 0 saturated carbocycles. The van der Waals surface area contributed by atoms with Crippen LogP contribution in [0.5, 0.6) is 0 Å². The van der Waals surface area contributed by atoms with Crippen molar-refractivity contribution in [1.82, 2.24) is 0 Å². The van der Waals surface area contributed by atoms with Gasteiger partial charge < -0.3 is 5.11 Å². The molecule has 86 valence electrons. The van der Waals surface area contributed by atoms with Crippen LogP contribution in [0.4, 0.5) is 0 Å². The lowest BCUT2D eigenvalue weighted by atomic mass is 9.93. The summed E-state index contributed by atoms with van der Waals surface area (Å²) in [4.78, 5) is 21.8. The molecule has 16 heavy (non-hydrogen) atoms. The van der Waals surface area contributed by atoms with E-state index in [4.69, 9.17) is 16.7 Å². The van der Waals surface area contributed by atoms with Gasteiger partial charge in [-0.3, -0.25) is 9.59 Å². The summed E-state index contributed by atoms with van der Waals surface area (Å²) in [6.45, 7) is 1.42. The van der Waals surface area contributed by atoms with Crippen LogP contribution in [0.2, 0.25) is 5.02 Å². The highest BCUT2D eigenvalue weighted by atomic mass is 35.5. The van der Waals surface area contributed by atoms with E-state index >= 15 is 0 Å². The van der Waals surface area contributed by atoms with Gasteiger partial charge in [0.1, 0.15) is 5.78 Å². The standard InChI is InChI=1S/C12H13ClO3/c1-8(14)10(7-12(15)16)6-9-2-4-11(13)5-3-9/h2-5,10H,6-7H2,1H3,(H,15,16). The molecule has 1 atom stereocenters. The van der Waals surface area contributed by atoms with Gasteiger partial charge in [0.15, 0.2) is 0 Å². The van der Waals surface area contributed by atoms with E-state index < -0.39 is 11.9 Å². The summed E-state index contributed by atoms with van der Waals surface area (Å²) in [5, 5.41) is 9.31. The van der Waals surface area contributed by atoms with Gasteiger partial charge in [0.05, 0.1) is 6.42 Å². The summed E-state index contributed by atoms with van der Waals surface area (Å²) in [6, 6.07) is 7.07. The number of rotatable bonds is 5. The molecule has 0 spiro atoms. The molecule has 0 aliphatic carbocycles. The molecule has 3 nitrogen and oxygen atoms in total. The maximum absolute atomic E-state index is 11.3. The fourth-order valence-electron chi connectivity index (χ4n) is 1.48. The zero-order valence-corrected chi connectivity index (χ0v) is 9.70. The lowest BCUT2D eigenvalue weighted by Crippen LogP contribution is -2.18. The van der Waals surface area contributed by atoms with Gasteiger partial charge in [0.25, 0.3) is 0 Å². The van der Waals surface area contributed by atoms with E-state index in [2.05, 4.69) is 0 Å². The van der Waals surface area contributed by atoms with E-state index in [0.717, 1.165) is 5.56 Å². The Morgan fingerprint density at radius 1 is 1.31 bits per heavy atom. The van der Waals surface area contributed by atoms with Crippen molar-refractivity contribution < 1.29 is 14.7 Å². The Bertz CT molecular complexity index is 384. The lowest BCUT2D eigenvalue weighted by molar-refractivity contribution is -0.140. The molecule has 4 heteroatoms. The summed E-state index contributed by atoms with van der Waals surface area (Å²) in [6.07, 6.45) is 0.316. The quantitative estimate of drug-likeness (QED) is 0.861. The molecule has 0 aliphatic heterocycles. The Morgan fingerprint density at radius 3 is 2.31 bits per heavy atom. The zero-order valence-electron chi connectivity index (χ0n) is 8.94. The molecule has 1 unspecified atom stereocenters. The van der Waals surface area contributed by atoms with Gasteiger partial charge in [-0.2, -0.15) is 0 Å². The fourth-order valence-corrected chi connectivity index (χ4v) is 1.60. The summed E-state index contributed by atoms with van der Waals surface area (Å²) in [5.74, 6) is -1.51. The van der Waals surface area contributed by atoms with E-state index in [1.54, 1.807) is 24.3 Å². The second-order valence-electron chi connectivity index (χ2n) is 3.74. The van der Waals surface area contributed by atoms with Crippen LogP contribution in [-0.2, 0) is 16.0 Å². The molecule has 1 rings (SSSR count). The van der Waals surface area contributed by atoms with Gasteiger partial charge in [-0.25, -0.2) is 0 Å². The van der Waals surface area contributed by atoms with Crippen LogP contribution < -0.4 is 0 Å². The number of carboxylic acid groups (broad SMARTS) is 1. The molecule has 0 aromatic heterocycles. The number of aliphatic carboxylic acids is 1. The first kappa shape index (κ1) is 12.7. The molecule has 0 fully saturated rings. The van der Waals surface area contributed by atoms with E-state index in [0.29, 0.717) is 11.4 Å². The summed E-state index contributed by atoms with van der Waals surface area (Å²) in [5.41, 5.74) is 0.922. The van der Waals surface area contributed by atoms with Crippen LogP contribution >= 0.6 is 11.6 Å². The first-order chi connectivity index (χ1) is 7.49. The zero-order chi connectivity index (χ0) is 12.1. The molecule has 1 aromatic carbocycles. The van der Waals surface area contributed by atoms with Crippen LogP contribution in [0.15, 0.2) is 24.3 Å². The second-order valence-corrected chi connectivity index (χ2v) is 4.17. The molecule has 0 saturated heterocycles. The number of carbonyl (C=O) groups excluding carboxylic acids is 1. The van der Waals surface area contributed by atoms with E-state index in [-0.39, 0.29) is 12.2 Å².